The van der Waals surface area contributed by atoms with Gasteiger partial charge in [-0.05, 0) is 12.8 Å². The van der Waals surface area contributed by atoms with Crippen LogP contribution in [0.5, 0.6) is 0 Å². The maximum atomic E-state index is 11.4. The van der Waals surface area contributed by atoms with E-state index in [1.165, 1.54) is 25.7 Å². The minimum Gasteiger partial charge on any atom is -0.363 e. The van der Waals surface area contributed by atoms with E-state index in [0.717, 1.165) is 12.8 Å². The van der Waals surface area contributed by atoms with Gasteiger partial charge >= 0.3 is 0 Å². The van der Waals surface area contributed by atoms with Crippen molar-refractivity contribution in [2.75, 3.05) is 5.32 Å². The Morgan fingerprint density at radius 3 is 2.67 bits per heavy atom. The quantitative estimate of drug-likeness (QED) is 0.728. The number of aromatic amines is 1. The second kappa shape index (κ2) is 4.96. The first kappa shape index (κ1) is 10.2. The van der Waals surface area contributed by atoms with Crippen LogP contribution in [0.25, 0.3) is 0 Å². The molecule has 0 atom stereocenters. The minimum atomic E-state index is -0.123. The van der Waals surface area contributed by atoms with E-state index in [9.17, 15) is 4.79 Å². The van der Waals surface area contributed by atoms with Crippen LogP contribution in [0.2, 0.25) is 0 Å². The third-order valence-electron chi connectivity index (χ3n) is 2.90. The molecule has 1 saturated carbocycles. The van der Waals surface area contributed by atoms with E-state index in [1.54, 1.807) is 12.4 Å². The molecule has 1 aliphatic carbocycles. The lowest BCUT2D eigenvalue weighted by molar-refractivity contribution is 0.616. The zero-order valence-corrected chi connectivity index (χ0v) is 8.83. The largest absolute Gasteiger partial charge is 0.363 e. The highest BCUT2D eigenvalue weighted by Gasteiger charge is 2.13. The molecular formula is C11H17N3O. The highest BCUT2D eigenvalue weighted by molar-refractivity contribution is 5.31. The first-order valence-electron chi connectivity index (χ1n) is 5.66. The van der Waals surface area contributed by atoms with Crippen molar-refractivity contribution in [2.24, 2.45) is 0 Å². The van der Waals surface area contributed by atoms with Crippen molar-refractivity contribution in [3.8, 4) is 0 Å². The molecule has 82 valence electrons. The number of hydrogen-bond donors (Lipinski definition) is 2. The molecule has 1 aromatic rings. The smallest absolute Gasteiger partial charge is 0.290 e. The third-order valence-corrected chi connectivity index (χ3v) is 2.90. The van der Waals surface area contributed by atoms with Gasteiger partial charge in [-0.15, -0.1) is 0 Å². The zero-order chi connectivity index (χ0) is 10.5. The molecule has 4 heteroatoms. The Bertz CT molecular complexity index is 353. The number of rotatable bonds is 2. The van der Waals surface area contributed by atoms with Gasteiger partial charge in [0, 0.05) is 18.4 Å². The summed E-state index contributed by atoms with van der Waals surface area (Å²) in [7, 11) is 0. The van der Waals surface area contributed by atoms with Crippen molar-refractivity contribution >= 4 is 5.82 Å². The van der Waals surface area contributed by atoms with Crippen LogP contribution in [0, 0.1) is 0 Å². The van der Waals surface area contributed by atoms with Crippen molar-refractivity contribution < 1.29 is 0 Å². The summed E-state index contributed by atoms with van der Waals surface area (Å²) in [5, 5.41) is 3.23. The van der Waals surface area contributed by atoms with Gasteiger partial charge in [0.25, 0.3) is 5.56 Å². The second-order valence-electron chi connectivity index (χ2n) is 4.10. The number of nitrogens with zero attached hydrogens (tertiary/aromatic N) is 1. The maximum Gasteiger partial charge on any atom is 0.290 e. The van der Waals surface area contributed by atoms with Crippen LogP contribution in [0.1, 0.15) is 38.5 Å². The molecule has 1 aliphatic rings. The van der Waals surface area contributed by atoms with Crippen LogP contribution in [0.3, 0.4) is 0 Å². The van der Waals surface area contributed by atoms with Crippen LogP contribution in [-0.2, 0) is 0 Å². The lowest BCUT2D eigenvalue weighted by atomic mass is 10.1. The summed E-state index contributed by atoms with van der Waals surface area (Å²) in [5.41, 5.74) is -0.123. The molecule has 0 saturated heterocycles. The monoisotopic (exact) mass is 207 g/mol. The molecule has 0 spiro atoms. The summed E-state index contributed by atoms with van der Waals surface area (Å²) in [6, 6.07) is 0.420. The molecule has 2 N–H and O–H groups in total. The summed E-state index contributed by atoms with van der Waals surface area (Å²) in [5.74, 6) is 0.462. The van der Waals surface area contributed by atoms with E-state index in [-0.39, 0.29) is 5.56 Å². The summed E-state index contributed by atoms with van der Waals surface area (Å²) in [6.07, 6.45) is 10.6. The van der Waals surface area contributed by atoms with Crippen LogP contribution in [-0.4, -0.2) is 16.0 Å². The summed E-state index contributed by atoms with van der Waals surface area (Å²) >= 11 is 0. The summed E-state index contributed by atoms with van der Waals surface area (Å²) in [6.45, 7) is 0. The van der Waals surface area contributed by atoms with Crippen molar-refractivity contribution in [3.63, 3.8) is 0 Å². The van der Waals surface area contributed by atoms with Crippen molar-refractivity contribution in [3.05, 3.63) is 22.7 Å². The van der Waals surface area contributed by atoms with Crippen LogP contribution < -0.4 is 10.9 Å². The van der Waals surface area contributed by atoms with Crippen LogP contribution in [0.15, 0.2) is 17.2 Å². The molecule has 2 rings (SSSR count). The second-order valence-corrected chi connectivity index (χ2v) is 4.10. The Kier molecular flexibility index (Phi) is 3.37. The van der Waals surface area contributed by atoms with Gasteiger partial charge in [-0.2, -0.15) is 0 Å². The number of aromatic nitrogens is 2. The standard InChI is InChI=1S/C11H17N3O/c15-11-10(12-7-8-13-11)14-9-5-3-1-2-4-6-9/h7-9H,1-6H2,(H,12,14)(H,13,15). The highest BCUT2D eigenvalue weighted by atomic mass is 16.1. The van der Waals surface area contributed by atoms with Gasteiger partial charge in [-0.1, -0.05) is 25.7 Å². The van der Waals surface area contributed by atoms with Gasteiger partial charge in [-0.3, -0.25) is 4.79 Å². The Morgan fingerprint density at radius 1 is 1.27 bits per heavy atom. The molecule has 1 aromatic heterocycles. The lowest BCUT2D eigenvalue weighted by Gasteiger charge is -2.15. The number of H-pyrrole nitrogens is 1. The fourth-order valence-corrected chi connectivity index (χ4v) is 2.07. The predicted molar refractivity (Wildman–Crippen MR) is 60.0 cm³/mol. The maximum absolute atomic E-state index is 11.4. The van der Waals surface area contributed by atoms with Gasteiger partial charge in [0.1, 0.15) is 0 Å². The van der Waals surface area contributed by atoms with Crippen molar-refractivity contribution in [1.29, 1.82) is 0 Å². The topological polar surface area (TPSA) is 57.8 Å². The van der Waals surface area contributed by atoms with Gasteiger partial charge in [-0.25, -0.2) is 4.98 Å². The molecule has 0 amide bonds. The van der Waals surface area contributed by atoms with Gasteiger partial charge in [0.05, 0.1) is 0 Å². The zero-order valence-electron chi connectivity index (χ0n) is 8.83. The fourth-order valence-electron chi connectivity index (χ4n) is 2.07. The van der Waals surface area contributed by atoms with E-state index in [2.05, 4.69) is 15.3 Å². The Morgan fingerprint density at radius 2 is 2.00 bits per heavy atom. The van der Waals surface area contributed by atoms with Crippen LogP contribution >= 0.6 is 0 Å². The van der Waals surface area contributed by atoms with Gasteiger partial charge < -0.3 is 10.3 Å². The van der Waals surface area contributed by atoms with Gasteiger partial charge in [0.2, 0.25) is 0 Å². The molecule has 0 aliphatic heterocycles. The average molecular weight is 207 g/mol. The number of hydrogen-bond acceptors (Lipinski definition) is 3. The van der Waals surface area contributed by atoms with Gasteiger partial charge in [0.15, 0.2) is 5.82 Å². The Hall–Kier alpha value is -1.32. The summed E-state index contributed by atoms with van der Waals surface area (Å²) in [4.78, 5) is 18.1. The highest BCUT2D eigenvalue weighted by Crippen LogP contribution is 2.19. The van der Waals surface area contributed by atoms with Crippen molar-refractivity contribution in [2.45, 2.75) is 44.6 Å². The molecule has 0 radical (unpaired) electrons. The SMILES string of the molecule is O=c1[nH]ccnc1NC1CCCCCC1. The summed E-state index contributed by atoms with van der Waals surface area (Å²) < 4.78 is 0. The van der Waals surface area contributed by atoms with E-state index in [1.807, 2.05) is 0 Å². The lowest BCUT2D eigenvalue weighted by Crippen LogP contribution is -2.24. The molecule has 1 heterocycles. The van der Waals surface area contributed by atoms with E-state index in [0.29, 0.717) is 11.9 Å². The molecule has 0 bridgehead atoms. The predicted octanol–water partition coefficient (Wildman–Crippen LogP) is 1.90. The average Bonchev–Trinajstić information content (AvgIpc) is 2.50. The van der Waals surface area contributed by atoms with E-state index >= 15 is 0 Å². The van der Waals surface area contributed by atoms with E-state index < -0.39 is 0 Å². The van der Waals surface area contributed by atoms with Crippen LogP contribution in [0.4, 0.5) is 5.82 Å². The van der Waals surface area contributed by atoms with Crippen molar-refractivity contribution in [1.82, 2.24) is 9.97 Å². The molecule has 1 fully saturated rings. The normalized spacial score (nSPS) is 18.4. The Labute approximate surface area is 89.1 Å². The number of nitrogens with one attached hydrogen (secondary N) is 2. The fraction of sp³-hybridized carbons (Fsp3) is 0.636. The molecule has 0 aromatic carbocycles. The first-order chi connectivity index (χ1) is 7.36. The Balaban J connectivity index is 2.01. The molecule has 4 nitrogen and oxygen atoms in total. The molecule has 0 unspecified atom stereocenters. The first-order valence-corrected chi connectivity index (χ1v) is 5.66. The molecular weight excluding hydrogens is 190 g/mol. The van der Waals surface area contributed by atoms with E-state index in [4.69, 9.17) is 0 Å². The molecule has 15 heavy (non-hydrogen) atoms. The minimum absolute atomic E-state index is 0.123. The third kappa shape index (κ3) is 2.81. The number of anilines is 1.